The van der Waals surface area contributed by atoms with Gasteiger partial charge in [-0.2, -0.15) is 0 Å². The maximum absolute atomic E-state index is 10.8. The molecule has 94 valence electrons. The predicted octanol–water partition coefficient (Wildman–Crippen LogP) is 1.87. The van der Waals surface area contributed by atoms with Crippen LogP contribution in [0.3, 0.4) is 0 Å². The van der Waals surface area contributed by atoms with Gasteiger partial charge in [0.15, 0.2) is 6.10 Å². The summed E-state index contributed by atoms with van der Waals surface area (Å²) >= 11 is 0. The van der Waals surface area contributed by atoms with Gasteiger partial charge in [-0.15, -0.1) is 0 Å². The van der Waals surface area contributed by atoms with E-state index in [0.29, 0.717) is 5.75 Å². The minimum atomic E-state index is -0.955. The summed E-state index contributed by atoms with van der Waals surface area (Å²) in [6.07, 6.45) is -0.831. The van der Waals surface area contributed by atoms with Crippen LogP contribution < -0.4 is 10.1 Å². The molecule has 0 fully saturated rings. The van der Waals surface area contributed by atoms with E-state index in [2.05, 4.69) is 5.32 Å². The van der Waals surface area contributed by atoms with Gasteiger partial charge < -0.3 is 15.2 Å². The highest BCUT2D eigenvalue weighted by molar-refractivity contribution is 5.72. The fourth-order valence-corrected chi connectivity index (χ4v) is 1.76. The Bertz CT molecular complexity index is 392. The molecule has 0 aliphatic rings. The van der Waals surface area contributed by atoms with Crippen molar-refractivity contribution in [1.29, 1.82) is 0 Å². The van der Waals surface area contributed by atoms with Gasteiger partial charge in [-0.1, -0.05) is 12.1 Å². The molecular weight excluding hydrogens is 218 g/mol. The van der Waals surface area contributed by atoms with Gasteiger partial charge in [0.05, 0.1) is 0 Å². The first-order chi connectivity index (χ1) is 7.95. The van der Waals surface area contributed by atoms with Crippen LogP contribution in [0.2, 0.25) is 0 Å². The van der Waals surface area contributed by atoms with Gasteiger partial charge in [-0.3, -0.25) is 0 Å². The summed E-state index contributed by atoms with van der Waals surface area (Å²) in [5, 5.41) is 11.9. The van der Waals surface area contributed by atoms with Gasteiger partial charge in [-0.05, 0) is 44.5 Å². The summed E-state index contributed by atoms with van der Waals surface area (Å²) in [6, 6.07) is 4.01. The van der Waals surface area contributed by atoms with Crippen LogP contribution in [0.25, 0.3) is 0 Å². The van der Waals surface area contributed by atoms with Crippen LogP contribution in [0.15, 0.2) is 12.1 Å². The topological polar surface area (TPSA) is 58.6 Å². The van der Waals surface area contributed by atoms with Crippen LogP contribution in [0.5, 0.6) is 5.75 Å². The van der Waals surface area contributed by atoms with Crippen molar-refractivity contribution in [2.45, 2.75) is 33.4 Å². The molecule has 0 aliphatic carbocycles. The van der Waals surface area contributed by atoms with Crippen molar-refractivity contribution in [3.05, 3.63) is 28.8 Å². The normalized spacial score (nSPS) is 12.2. The monoisotopic (exact) mass is 237 g/mol. The lowest BCUT2D eigenvalue weighted by Gasteiger charge is -2.16. The molecule has 1 unspecified atom stereocenters. The Hall–Kier alpha value is -1.55. The number of aliphatic carboxylic acids is 1. The Morgan fingerprint density at radius 3 is 2.35 bits per heavy atom. The SMILES string of the molecule is CNCc1cc(C)c(OC(C)C(=O)O)c(C)c1. The Labute approximate surface area is 102 Å². The maximum Gasteiger partial charge on any atom is 0.344 e. The molecule has 1 aromatic carbocycles. The number of hydrogen-bond acceptors (Lipinski definition) is 3. The standard InChI is InChI=1S/C13H19NO3/c1-8-5-11(7-14-4)6-9(2)12(8)17-10(3)13(15)16/h5-6,10,14H,7H2,1-4H3,(H,15,16). The van der Waals surface area contributed by atoms with Crippen molar-refractivity contribution >= 4 is 5.97 Å². The molecule has 1 atom stereocenters. The highest BCUT2D eigenvalue weighted by Gasteiger charge is 2.15. The molecule has 0 heterocycles. The van der Waals surface area contributed by atoms with E-state index < -0.39 is 12.1 Å². The van der Waals surface area contributed by atoms with Gasteiger partial charge in [0.1, 0.15) is 5.75 Å². The number of benzene rings is 1. The number of hydrogen-bond donors (Lipinski definition) is 2. The lowest BCUT2D eigenvalue weighted by Crippen LogP contribution is -2.23. The van der Waals surface area contributed by atoms with Crippen molar-refractivity contribution in [3.63, 3.8) is 0 Å². The third kappa shape index (κ3) is 3.46. The minimum absolute atomic E-state index is 0.666. The highest BCUT2D eigenvalue weighted by Crippen LogP contribution is 2.25. The van der Waals surface area contributed by atoms with Crippen LogP contribution in [-0.4, -0.2) is 24.2 Å². The summed E-state index contributed by atoms with van der Waals surface area (Å²) in [5.74, 6) is -0.289. The first-order valence-electron chi connectivity index (χ1n) is 5.60. The van der Waals surface area contributed by atoms with Crippen molar-refractivity contribution in [1.82, 2.24) is 5.32 Å². The van der Waals surface area contributed by atoms with Crippen molar-refractivity contribution in [2.75, 3.05) is 7.05 Å². The summed E-state index contributed by atoms with van der Waals surface area (Å²) in [4.78, 5) is 10.8. The van der Waals surface area contributed by atoms with E-state index in [9.17, 15) is 4.79 Å². The predicted molar refractivity (Wildman–Crippen MR) is 66.4 cm³/mol. The second kappa shape index (κ2) is 5.68. The number of carboxylic acid groups (broad SMARTS) is 1. The van der Waals surface area contributed by atoms with Crippen molar-refractivity contribution < 1.29 is 14.6 Å². The molecule has 1 aromatic rings. The number of ether oxygens (including phenoxy) is 1. The number of nitrogens with one attached hydrogen (secondary N) is 1. The Kier molecular flexibility index (Phi) is 4.52. The molecule has 4 nitrogen and oxygen atoms in total. The van der Waals surface area contributed by atoms with Crippen LogP contribution >= 0.6 is 0 Å². The van der Waals surface area contributed by atoms with Gasteiger partial charge >= 0.3 is 5.97 Å². The first-order valence-corrected chi connectivity index (χ1v) is 5.60. The molecule has 0 aromatic heterocycles. The molecule has 4 heteroatoms. The number of aryl methyl sites for hydroxylation is 2. The second-order valence-corrected chi connectivity index (χ2v) is 4.19. The molecule has 0 saturated heterocycles. The minimum Gasteiger partial charge on any atom is -0.479 e. The lowest BCUT2D eigenvalue weighted by molar-refractivity contribution is -0.144. The molecule has 2 N–H and O–H groups in total. The van der Waals surface area contributed by atoms with Gasteiger partial charge in [0, 0.05) is 6.54 Å². The summed E-state index contributed by atoms with van der Waals surface area (Å²) in [6.45, 7) is 6.17. The molecule has 0 spiro atoms. The second-order valence-electron chi connectivity index (χ2n) is 4.19. The molecule has 0 saturated carbocycles. The van der Waals surface area contributed by atoms with Crippen molar-refractivity contribution in [3.8, 4) is 5.75 Å². The number of rotatable bonds is 5. The van der Waals surface area contributed by atoms with Crippen LogP contribution in [0.1, 0.15) is 23.6 Å². The fraction of sp³-hybridized carbons (Fsp3) is 0.462. The van der Waals surface area contributed by atoms with E-state index >= 15 is 0 Å². The third-order valence-electron chi connectivity index (χ3n) is 2.54. The average molecular weight is 237 g/mol. The van der Waals surface area contributed by atoms with Gasteiger partial charge in [-0.25, -0.2) is 4.79 Å². The van der Waals surface area contributed by atoms with E-state index in [0.717, 1.165) is 23.2 Å². The first kappa shape index (κ1) is 13.5. The smallest absolute Gasteiger partial charge is 0.344 e. The summed E-state index contributed by atoms with van der Waals surface area (Å²) < 4.78 is 5.45. The van der Waals surface area contributed by atoms with E-state index in [1.54, 1.807) is 0 Å². The zero-order chi connectivity index (χ0) is 13.0. The fourth-order valence-electron chi connectivity index (χ4n) is 1.76. The highest BCUT2D eigenvalue weighted by atomic mass is 16.5. The number of carbonyl (C=O) groups is 1. The summed E-state index contributed by atoms with van der Waals surface area (Å²) in [7, 11) is 1.89. The number of carboxylic acids is 1. The molecule has 17 heavy (non-hydrogen) atoms. The molecule has 0 bridgehead atoms. The van der Waals surface area contributed by atoms with E-state index in [-0.39, 0.29) is 0 Å². The largest absolute Gasteiger partial charge is 0.479 e. The Morgan fingerprint density at radius 1 is 1.41 bits per heavy atom. The van der Waals surface area contributed by atoms with E-state index in [1.807, 2.05) is 33.0 Å². The molecular formula is C13H19NO3. The van der Waals surface area contributed by atoms with Crippen LogP contribution in [0, 0.1) is 13.8 Å². The maximum atomic E-state index is 10.8. The Morgan fingerprint density at radius 2 is 1.94 bits per heavy atom. The molecule has 0 aliphatic heterocycles. The zero-order valence-electron chi connectivity index (χ0n) is 10.7. The Balaban J connectivity index is 2.97. The average Bonchev–Trinajstić information content (AvgIpc) is 2.23. The molecule has 1 rings (SSSR count). The lowest BCUT2D eigenvalue weighted by atomic mass is 10.1. The van der Waals surface area contributed by atoms with E-state index in [1.165, 1.54) is 6.92 Å². The zero-order valence-corrected chi connectivity index (χ0v) is 10.7. The van der Waals surface area contributed by atoms with Gasteiger partial charge in [0.25, 0.3) is 0 Å². The summed E-state index contributed by atoms with van der Waals surface area (Å²) in [5.41, 5.74) is 3.09. The molecule has 0 radical (unpaired) electrons. The molecule has 0 amide bonds. The van der Waals surface area contributed by atoms with Gasteiger partial charge in [0.2, 0.25) is 0 Å². The quantitative estimate of drug-likeness (QED) is 0.821. The van der Waals surface area contributed by atoms with E-state index in [4.69, 9.17) is 9.84 Å². The van der Waals surface area contributed by atoms with Crippen LogP contribution in [0.4, 0.5) is 0 Å². The van der Waals surface area contributed by atoms with Crippen LogP contribution in [-0.2, 0) is 11.3 Å². The third-order valence-corrected chi connectivity index (χ3v) is 2.54. The van der Waals surface area contributed by atoms with Crippen molar-refractivity contribution in [2.24, 2.45) is 0 Å².